The van der Waals surface area contributed by atoms with Crippen LogP contribution in [0.25, 0.3) is 0 Å². The van der Waals surface area contributed by atoms with Crippen molar-refractivity contribution in [2.24, 2.45) is 5.41 Å². The van der Waals surface area contributed by atoms with Crippen molar-refractivity contribution in [1.82, 2.24) is 14.8 Å². The Labute approximate surface area is 149 Å². The van der Waals surface area contributed by atoms with E-state index in [1.807, 2.05) is 21.9 Å². The average molecular weight is 341 g/mol. The molecular formula is C20H27N3O2. The number of likely N-dealkylation sites (tertiary alicyclic amines) is 2. The van der Waals surface area contributed by atoms with Crippen molar-refractivity contribution in [2.75, 3.05) is 19.6 Å². The third-order valence-electron chi connectivity index (χ3n) is 5.58. The van der Waals surface area contributed by atoms with E-state index >= 15 is 0 Å². The van der Waals surface area contributed by atoms with Crippen LogP contribution in [0.4, 0.5) is 0 Å². The lowest BCUT2D eigenvalue weighted by Crippen LogP contribution is -2.36. The molecule has 0 aromatic carbocycles. The number of nitrogens with zero attached hydrogens (tertiary/aromatic N) is 3. The molecule has 25 heavy (non-hydrogen) atoms. The van der Waals surface area contributed by atoms with E-state index in [4.69, 9.17) is 0 Å². The molecule has 1 spiro atoms. The van der Waals surface area contributed by atoms with Crippen molar-refractivity contribution in [2.45, 2.75) is 45.1 Å². The number of rotatable bonds is 5. The van der Waals surface area contributed by atoms with E-state index < -0.39 is 0 Å². The predicted octanol–water partition coefficient (Wildman–Crippen LogP) is 2.78. The monoisotopic (exact) mass is 341 g/mol. The standard InChI is InChI=1S/C20H27N3O2/c1-2-3-5-18(24)22-13-4-8-20(9-14-22)10-15-23(19(20)25)16-17-6-11-21-12-7-17/h2,6-7,11-12H,1,3-5,8-10,13-16H2. The Morgan fingerprint density at radius 2 is 1.96 bits per heavy atom. The van der Waals surface area contributed by atoms with E-state index in [2.05, 4.69) is 11.6 Å². The molecule has 2 aliphatic rings. The van der Waals surface area contributed by atoms with Gasteiger partial charge in [-0.3, -0.25) is 14.6 Å². The Morgan fingerprint density at radius 3 is 2.72 bits per heavy atom. The number of carbonyl (C=O) groups is 2. The smallest absolute Gasteiger partial charge is 0.229 e. The quantitative estimate of drug-likeness (QED) is 0.774. The number of amides is 2. The van der Waals surface area contributed by atoms with Crippen molar-refractivity contribution < 1.29 is 9.59 Å². The molecule has 0 aliphatic carbocycles. The van der Waals surface area contributed by atoms with E-state index in [1.54, 1.807) is 18.5 Å². The van der Waals surface area contributed by atoms with E-state index in [1.165, 1.54) is 0 Å². The van der Waals surface area contributed by atoms with Crippen molar-refractivity contribution in [3.05, 3.63) is 42.7 Å². The molecule has 3 rings (SSSR count). The lowest BCUT2D eigenvalue weighted by Gasteiger charge is -2.27. The predicted molar refractivity (Wildman–Crippen MR) is 96.6 cm³/mol. The summed E-state index contributed by atoms with van der Waals surface area (Å²) < 4.78 is 0. The molecule has 0 N–H and O–H groups in total. The highest BCUT2D eigenvalue weighted by atomic mass is 16.2. The molecule has 134 valence electrons. The Balaban J connectivity index is 1.62. The van der Waals surface area contributed by atoms with Crippen molar-refractivity contribution in [1.29, 1.82) is 0 Å². The summed E-state index contributed by atoms with van der Waals surface area (Å²) in [6.45, 7) is 6.62. The lowest BCUT2D eigenvalue weighted by atomic mass is 9.79. The first-order chi connectivity index (χ1) is 12.1. The van der Waals surface area contributed by atoms with Crippen LogP contribution in [-0.4, -0.2) is 46.2 Å². The van der Waals surface area contributed by atoms with Gasteiger partial charge in [0.2, 0.25) is 11.8 Å². The zero-order chi connectivity index (χ0) is 17.7. The van der Waals surface area contributed by atoms with Crippen LogP contribution in [0, 0.1) is 5.41 Å². The van der Waals surface area contributed by atoms with Gasteiger partial charge in [0.25, 0.3) is 0 Å². The second kappa shape index (κ2) is 7.81. The molecular weight excluding hydrogens is 314 g/mol. The van der Waals surface area contributed by atoms with E-state index in [0.717, 1.165) is 50.8 Å². The van der Waals surface area contributed by atoms with Gasteiger partial charge in [-0.15, -0.1) is 6.58 Å². The van der Waals surface area contributed by atoms with Crippen LogP contribution in [0.1, 0.15) is 44.1 Å². The van der Waals surface area contributed by atoms with Gasteiger partial charge in [-0.1, -0.05) is 6.08 Å². The largest absolute Gasteiger partial charge is 0.343 e. The second-order valence-electron chi connectivity index (χ2n) is 7.17. The van der Waals surface area contributed by atoms with Crippen molar-refractivity contribution >= 4 is 11.8 Å². The minimum Gasteiger partial charge on any atom is -0.343 e. The maximum absolute atomic E-state index is 13.1. The highest BCUT2D eigenvalue weighted by Gasteiger charge is 2.47. The second-order valence-corrected chi connectivity index (χ2v) is 7.17. The molecule has 0 saturated carbocycles. The average Bonchev–Trinajstić information content (AvgIpc) is 2.82. The maximum atomic E-state index is 13.1. The molecule has 2 saturated heterocycles. The third-order valence-corrected chi connectivity index (χ3v) is 5.58. The normalized spacial score (nSPS) is 23.8. The van der Waals surface area contributed by atoms with Gasteiger partial charge in [-0.2, -0.15) is 0 Å². The summed E-state index contributed by atoms with van der Waals surface area (Å²) in [7, 11) is 0. The van der Waals surface area contributed by atoms with Gasteiger partial charge in [-0.25, -0.2) is 0 Å². The molecule has 2 aliphatic heterocycles. The lowest BCUT2D eigenvalue weighted by molar-refractivity contribution is -0.138. The summed E-state index contributed by atoms with van der Waals surface area (Å²) in [6.07, 6.45) is 10.1. The Bertz CT molecular complexity index is 631. The van der Waals surface area contributed by atoms with Gasteiger partial charge in [-0.05, 0) is 49.8 Å². The SMILES string of the molecule is C=CCCC(=O)N1CCCC2(CC1)CCN(Cc1ccncc1)C2=O. The number of hydrogen-bond acceptors (Lipinski definition) is 3. The Kier molecular flexibility index (Phi) is 5.51. The number of hydrogen-bond donors (Lipinski definition) is 0. The van der Waals surface area contributed by atoms with Crippen molar-refractivity contribution in [3.63, 3.8) is 0 Å². The minimum atomic E-state index is -0.263. The molecule has 5 nitrogen and oxygen atoms in total. The number of carbonyl (C=O) groups excluding carboxylic acids is 2. The van der Waals surface area contributed by atoms with Gasteiger partial charge in [0.15, 0.2) is 0 Å². The fourth-order valence-electron chi connectivity index (χ4n) is 4.04. The fraction of sp³-hybridized carbons (Fsp3) is 0.550. The van der Waals surface area contributed by atoms with Crippen LogP contribution in [-0.2, 0) is 16.1 Å². The third kappa shape index (κ3) is 3.91. The summed E-state index contributed by atoms with van der Waals surface area (Å²) in [5.41, 5.74) is 0.857. The molecule has 1 aromatic heterocycles. The number of allylic oxidation sites excluding steroid dienone is 1. The van der Waals surface area contributed by atoms with E-state index in [0.29, 0.717) is 19.5 Å². The van der Waals surface area contributed by atoms with Gasteiger partial charge < -0.3 is 9.80 Å². The Hall–Kier alpha value is -2.17. The first-order valence-electron chi connectivity index (χ1n) is 9.22. The highest BCUT2D eigenvalue weighted by molar-refractivity contribution is 5.85. The van der Waals surface area contributed by atoms with Gasteiger partial charge in [0.05, 0.1) is 5.41 Å². The van der Waals surface area contributed by atoms with E-state index in [9.17, 15) is 9.59 Å². The number of aromatic nitrogens is 1. The summed E-state index contributed by atoms with van der Waals surface area (Å²) in [5, 5.41) is 0. The molecule has 1 unspecified atom stereocenters. The van der Waals surface area contributed by atoms with Crippen LogP contribution in [0.3, 0.4) is 0 Å². The van der Waals surface area contributed by atoms with Crippen LogP contribution < -0.4 is 0 Å². The zero-order valence-corrected chi connectivity index (χ0v) is 14.8. The highest BCUT2D eigenvalue weighted by Crippen LogP contribution is 2.42. The maximum Gasteiger partial charge on any atom is 0.229 e. The summed E-state index contributed by atoms with van der Waals surface area (Å²) in [5.74, 6) is 0.459. The molecule has 2 amide bonds. The minimum absolute atomic E-state index is 0.191. The number of pyridine rings is 1. The van der Waals surface area contributed by atoms with Crippen LogP contribution in [0.2, 0.25) is 0 Å². The molecule has 0 radical (unpaired) electrons. The van der Waals surface area contributed by atoms with Gasteiger partial charge in [0, 0.05) is 45.0 Å². The van der Waals surface area contributed by atoms with Gasteiger partial charge in [0.1, 0.15) is 0 Å². The fourth-order valence-corrected chi connectivity index (χ4v) is 4.04. The summed E-state index contributed by atoms with van der Waals surface area (Å²) >= 11 is 0. The zero-order valence-electron chi connectivity index (χ0n) is 14.8. The van der Waals surface area contributed by atoms with Crippen molar-refractivity contribution in [3.8, 4) is 0 Å². The van der Waals surface area contributed by atoms with Crippen LogP contribution in [0.15, 0.2) is 37.2 Å². The molecule has 1 aromatic rings. The molecule has 1 atom stereocenters. The van der Waals surface area contributed by atoms with Gasteiger partial charge >= 0.3 is 0 Å². The van der Waals surface area contributed by atoms with Crippen LogP contribution >= 0.6 is 0 Å². The molecule has 0 bridgehead atoms. The van der Waals surface area contributed by atoms with E-state index in [-0.39, 0.29) is 17.2 Å². The summed E-state index contributed by atoms with van der Waals surface area (Å²) in [4.78, 5) is 33.3. The molecule has 5 heteroatoms. The molecule has 2 fully saturated rings. The Morgan fingerprint density at radius 1 is 1.20 bits per heavy atom. The first kappa shape index (κ1) is 17.6. The summed E-state index contributed by atoms with van der Waals surface area (Å²) in [6, 6.07) is 3.93. The first-order valence-corrected chi connectivity index (χ1v) is 9.22. The molecule has 3 heterocycles. The van der Waals surface area contributed by atoms with Crippen LogP contribution in [0.5, 0.6) is 0 Å². The topological polar surface area (TPSA) is 53.5 Å².